The molecule has 76 valence electrons. The number of nitrogen functional groups attached to an aromatic ring is 1. The fourth-order valence-corrected chi connectivity index (χ4v) is 0.848. The van der Waals surface area contributed by atoms with Crippen LogP contribution >= 0.6 is 0 Å². The molecule has 1 heterocycles. The third kappa shape index (κ3) is 1.73. The lowest BCUT2D eigenvalue weighted by atomic mass is 10.2. The summed E-state index contributed by atoms with van der Waals surface area (Å²) in [5.41, 5.74) is 1.74. The van der Waals surface area contributed by atoms with Crippen molar-refractivity contribution in [2.24, 2.45) is 0 Å². The van der Waals surface area contributed by atoms with Gasteiger partial charge in [0.2, 0.25) is 0 Å². The largest absolute Gasteiger partial charge is 0.435 e. The van der Waals surface area contributed by atoms with Crippen molar-refractivity contribution in [1.29, 1.82) is 0 Å². The number of hydrogen-bond donors (Lipinski definition) is 1. The van der Waals surface area contributed by atoms with Crippen molar-refractivity contribution in [2.75, 3.05) is 5.73 Å². The minimum Gasteiger partial charge on any atom is -0.391 e. The van der Waals surface area contributed by atoms with Gasteiger partial charge in [-0.2, -0.15) is 13.2 Å². The highest BCUT2D eigenvalue weighted by Crippen LogP contribution is 2.35. The molecule has 0 aromatic carbocycles. The standard InChI is InChI=1S/C6H4F3N3O2/c7-6(8,9)5-4(10)3(12(13)14)1-2-11-5/h1-2H,10H2. The zero-order chi connectivity index (χ0) is 10.9. The number of nitrogens with zero attached hydrogens (tertiary/aromatic N) is 2. The van der Waals surface area contributed by atoms with Crippen molar-refractivity contribution < 1.29 is 18.1 Å². The molecule has 1 aromatic heterocycles. The van der Waals surface area contributed by atoms with Gasteiger partial charge in [0.1, 0.15) is 5.69 Å². The Morgan fingerprint density at radius 3 is 2.50 bits per heavy atom. The number of anilines is 1. The summed E-state index contributed by atoms with van der Waals surface area (Å²) in [7, 11) is 0. The highest BCUT2D eigenvalue weighted by molar-refractivity contribution is 5.61. The number of halogens is 3. The molecule has 0 aliphatic rings. The van der Waals surface area contributed by atoms with E-state index in [1.807, 2.05) is 0 Å². The molecular weight excluding hydrogens is 203 g/mol. The van der Waals surface area contributed by atoms with E-state index in [2.05, 4.69) is 4.98 Å². The number of nitro groups is 1. The van der Waals surface area contributed by atoms with E-state index in [0.29, 0.717) is 6.20 Å². The topological polar surface area (TPSA) is 82.0 Å². The van der Waals surface area contributed by atoms with Gasteiger partial charge in [0.25, 0.3) is 5.69 Å². The van der Waals surface area contributed by atoms with Crippen LogP contribution in [0.3, 0.4) is 0 Å². The Bertz CT molecular complexity index is 377. The first-order valence-electron chi connectivity index (χ1n) is 3.30. The summed E-state index contributed by atoms with van der Waals surface area (Å²) >= 11 is 0. The molecule has 14 heavy (non-hydrogen) atoms. The van der Waals surface area contributed by atoms with Crippen molar-refractivity contribution >= 4 is 11.4 Å². The number of nitrogens with two attached hydrogens (primary N) is 1. The molecule has 0 aliphatic carbocycles. The zero-order valence-corrected chi connectivity index (χ0v) is 6.58. The van der Waals surface area contributed by atoms with Gasteiger partial charge in [0.05, 0.1) is 4.92 Å². The molecule has 8 heteroatoms. The van der Waals surface area contributed by atoms with Gasteiger partial charge in [0.15, 0.2) is 5.69 Å². The van der Waals surface area contributed by atoms with Crippen LogP contribution in [-0.4, -0.2) is 9.91 Å². The summed E-state index contributed by atoms with van der Waals surface area (Å²) in [5, 5.41) is 10.2. The molecule has 5 nitrogen and oxygen atoms in total. The number of hydrogen-bond acceptors (Lipinski definition) is 4. The second-order valence-corrected chi connectivity index (χ2v) is 2.35. The molecule has 0 aliphatic heterocycles. The van der Waals surface area contributed by atoms with E-state index >= 15 is 0 Å². The van der Waals surface area contributed by atoms with E-state index in [9.17, 15) is 23.3 Å². The molecular formula is C6H4F3N3O2. The molecule has 0 radical (unpaired) electrons. The smallest absolute Gasteiger partial charge is 0.391 e. The zero-order valence-electron chi connectivity index (χ0n) is 6.58. The Labute approximate surface area is 75.5 Å². The lowest BCUT2D eigenvalue weighted by Gasteiger charge is -2.07. The van der Waals surface area contributed by atoms with Crippen LogP contribution in [-0.2, 0) is 6.18 Å². The van der Waals surface area contributed by atoms with Crippen molar-refractivity contribution in [2.45, 2.75) is 6.18 Å². The maximum Gasteiger partial charge on any atom is 0.435 e. The summed E-state index contributed by atoms with van der Waals surface area (Å²) in [6.45, 7) is 0. The van der Waals surface area contributed by atoms with Crippen LogP contribution in [0.2, 0.25) is 0 Å². The Morgan fingerprint density at radius 1 is 1.50 bits per heavy atom. The molecule has 0 saturated carbocycles. The highest BCUT2D eigenvalue weighted by atomic mass is 19.4. The van der Waals surface area contributed by atoms with Crippen LogP contribution in [0, 0.1) is 10.1 Å². The fraction of sp³-hybridized carbons (Fsp3) is 0.167. The predicted molar refractivity (Wildman–Crippen MR) is 40.3 cm³/mol. The van der Waals surface area contributed by atoms with Gasteiger partial charge in [-0.1, -0.05) is 0 Å². The minimum atomic E-state index is -4.78. The van der Waals surface area contributed by atoms with Crippen LogP contribution in [0.25, 0.3) is 0 Å². The second-order valence-electron chi connectivity index (χ2n) is 2.35. The number of rotatable bonds is 1. The number of pyridine rings is 1. The molecule has 0 atom stereocenters. The summed E-state index contributed by atoms with van der Waals surface area (Å²) < 4.78 is 36.4. The van der Waals surface area contributed by atoms with E-state index in [1.54, 1.807) is 0 Å². The fourth-order valence-electron chi connectivity index (χ4n) is 0.848. The van der Waals surface area contributed by atoms with Gasteiger partial charge in [-0.05, 0) is 0 Å². The minimum absolute atomic E-state index is 0.692. The average Bonchev–Trinajstić information content (AvgIpc) is 2.01. The van der Waals surface area contributed by atoms with Crippen molar-refractivity contribution in [3.8, 4) is 0 Å². The maximum atomic E-state index is 12.1. The summed E-state index contributed by atoms with van der Waals surface area (Å²) in [6, 6.07) is 0.810. The first kappa shape index (κ1) is 10.2. The third-order valence-corrected chi connectivity index (χ3v) is 1.43. The highest BCUT2D eigenvalue weighted by Gasteiger charge is 2.37. The van der Waals surface area contributed by atoms with Gasteiger partial charge in [-0.3, -0.25) is 10.1 Å². The van der Waals surface area contributed by atoms with Crippen molar-refractivity contribution in [3.05, 3.63) is 28.1 Å². The van der Waals surface area contributed by atoms with E-state index in [0.717, 1.165) is 6.07 Å². The Kier molecular flexibility index (Phi) is 2.28. The maximum absolute atomic E-state index is 12.1. The van der Waals surface area contributed by atoms with Crippen LogP contribution in [0.15, 0.2) is 12.3 Å². The summed E-state index contributed by atoms with van der Waals surface area (Å²) in [4.78, 5) is 12.2. The van der Waals surface area contributed by atoms with Gasteiger partial charge >= 0.3 is 6.18 Å². The van der Waals surface area contributed by atoms with Crippen molar-refractivity contribution in [1.82, 2.24) is 4.98 Å². The van der Waals surface area contributed by atoms with Crippen LogP contribution in [0.5, 0.6) is 0 Å². The third-order valence-electron chi connectivity index (χ3n) is 1.43. The van der Waals surface area contributed by atoms with E-state index < -0.39 is 28.2 Å². The molecule has 0 unspecified atom stereocenters. The molecule has 0 bridgehead atoms. The Balaban J connectivity index is 3.35. The van der Waals surface area contributed by atoms with Gasteiger partial charge < -0.3 is 5.73 Å². The molecule has 0 fully saturated rings. The van der Waals surface area contributed by atoms with E-state index in [1.165, 1.54) is 0 Å². The van der Waals surface area contributed by atoms with E-state index in [4.69, 9.17) is 5.73 Å². The first-order chi connectivity index (χ1) is 6.34. The first-order valence-corrected chi connectivity index (χ1v) is 3.30. The molecule has 1 rings (SSSR count). The van der Waals surface area contributed by atoms with E-state index in [-0.39, 0.29) is 0 Å². The normalized spacial score (nSPS) is 11.4. The molecule has 2 N–H and O–H groups in total. The lowest BCUT2D eigenvalue weighted by molar-refractivity contribution is -0.384. The van der Waals surface area contributed by atoms with Gasteiger partial charge in [-0.25, -0.2) is 4.98 Å². The Morgan fingerprint density at radius 2 is 2.07 bits per heavy atom. The lowest BCUT2D eigenvalue weighted by Crippen LogP contribution is -2.12. The number of aromatic nitrogens is 1. The second kappa shape index (κ2) is 3.13. The SMILES string of the molecule is Nc1c([N+](=O)[O-])ccnc1C(F)(F)F. The molecule has 0 spiro atoms. The summed E-state index contributed by atoms with van der Waals surface area (Å²) in [5.74, 6) is 0. The Hall–Kier alpha value is -1.86. The van der Waals surface area contributed by atoms with Crippen molar-refractivity contribution in [3.63, 3.8) is 0 Å². The number of alkyl halides is 3. The molecule has 0 amide bonds. The molecule has 0 saturated heterocycles. The van der Waals surface area contributed by atoms with Crippen LogP contribution < -0.4 is 5.73 Å². The molecule has 1 aromatic rings. The average molecular weight is 207 g/mol. The van der Waals surface area contributed by atoms with Gasteiger partial charge in [0, 0.05) is 12.3 Å². The van der Waals surface area contributed by atoms with Gasteiger partial charge in [-0.15, -0.1) is 0 Å². The summed E-state index contributed by atoms with van der Waals surface area (Å²) in [6.07, 6.45) is -4.09. The predicted octanol–water partition coefficient (Wildman–Crippen LogP) is 1.59. The monoisotopic (exact) mass is 207 g/mol. The van der Waals surface area contributed by atoms with Crippen LogP contribution in [0.1, 0.15) is 5.69 Å². The quantitative estimate of drug-likeness (QED) is 0.559. The van der Waals surface area contributed by atoms with Crippen LogP contribution in [0.4, 0.5) is 24.5 Å².